The molecule has 16 heteroatoms. The molecule has 2 aromatic carbocycles. The number of hydrogen-bond acceptors (Lipinski definition) is 16. The molecule has 10 N–H and O–H groups in total. The molecule has 2 saturated heterocycles. The van der Waals surface area contributed by atoms with Crippen molar-refractivity contribution < 1.29 is 79.5 Å². The lowest BCUT2D eigenvalue weighted by Gasteiger charge is -2.43. The Kier molecular flexibility index (Phi) is 8.99. The number of rotatable bonds is 7. The average Bonchev–Trinajstić information content (AvgIpc) is 2.99. The quantitative estimate of drug-likeness (QED) is 0.160. The van der Waals surface area contributed by atoms with Gasteiger partial charge in [-0.25, -0.2) is 0 Å². The maximum Gasteiger partial charge on any atom is 0.228 e. The Balaban J connectivity index is 1.42. The van der Waals surface area contributed by atoms with Crippen molar-refractivity contribution in [2.24, 2.45) is 0 Å². The predicted octanol–water partition coefficient (Wildman–Crippen LogP) is -1.34. The fourth-order valence-electron chi connectivity index (χ4n) is 5.12. The molecule has 0 aromatic heterocycles. The van der Waals surface area contributed by atoms with Gasteiger partial charge in [-0.15, -0.1) is 0 Å². The number of methoxy groups -OCH3 is 1. The standard InChI is InChI=1S/C28H34O16/c1-9-19(32)22(35)24(37)27(41-9)40-8-18-21(34)23(36)25(38)28(44-18)43-17-7-12-13(30)5-11(29)6-15(12)42-26(17)10-3-14(31)20(33)16(4-10)39-2/h3-7,9,18-19,21-38H,8H2,1-2H3/t9-,18-,19+,21-,22+,23-,24-,25-,26?,27-,28-/m1/s1. The minimum atomic E-state index is -1.84. The van der Waals surface area contributed by atoms with Crippen LogP contribution in [0.4, 0.5) is 0 Å². The van der Waals surface area contributed by atoms with Crippen LogP contribution in [0.25, 0.3) is 6.08 Å². The van der Waals surface area contributed by atoms with Gasteiger partial charge in [0.25, 0.3) is 0 Å². The van der Waals surface area contributed by atoms with Gasteiger partial charge in [-0.1, -0.05) is 0 Å². The number of aliphatic hydroxyl groups is 6. The number of phenols is 4. The molecule has 3 heterocycles. The molecule has 0 radical (unpaired) electrons. The second kappa shape index (κ2) is 12.4. The Morgan fingerprint density at radius 3 is 2.14 bits per heavy atom. The number of aliphatic hydroxyl groups excluding tert-OH is 6. The third-order valence-corrected chi connectivity index (χ3v) is 7.65. The molecule has 11 atom stereocenters. The molecule has 0 aliphatic carbocycles. The smallest absolute Gasteiger partial charge is 0.228 e. The summed E-state index contributed by atoms with van der Waals surface area (Å²) < 4.78 is 33.6. The van der Waals surface area contributed by atoms with E-state index >= 15 is 0 Å². The topological polar surface area (TPSA) is 258 Å². The van der Waals surface area contributed by atoms with Crippen LogP contribution in [-0.2, 0) is 18.9 Å². The predicted molar refractivity (Wildman–Crippen MR) is 144 cm³/mol. The molecular weight excluding hydrogens is 592 g/mol. The normalized spacial score (nSPS) is 35.3. The highest BCUT2D eigenvalue weighted by Crippen LogP contribution is 2.47. The van der Waals surface area contributed by atoms with Crippen LogP contribution in [0.2, 0.25) is 0 Å². The molecule has 16 nitrogen and oxygen atoms in total. The summed E-state index contributed by atoms with van der Waals surface area (Å²) >= 11 is 0. The van der Waals surface area contributed by atoms with Gasteiger partial charge in [0.1, 0.15) is 65.7 Å². The molecule has 0 spiro atoms. The lowest BCUT2D eigenvalue weighted by Crippen LogP contribution is -2.61. The second-order valence-electron chi connectivity index (χ2n) is 10.7. The Bertz CT molecular complexity index is 1380. The molecule has 5 rings (SSSR count). The van der Waals surface area contributed by atoms with Gasteiger partial charge in [-0.3, -0.25) is 0 Å². The number of phenolic OH excluding ortho intramolecular Hbond substituents is 4. The number of aromatic hydroxyl groups is 4. The minimum Gasteiger partial charge on any atom is -0.508 e. The highest BCUT2D eigenvalue weighted by atomic mass is 16.7. The van der Waals surface area contributed by atoms with Crippen LogP contribution in [0.15, 0.2) is 30.0 Å². The van der Waals surface area contributed by atoms with E-state index in [0.29, 0.717) is 0 Å². The molecule has 0 saturated carbocycles. The molecule has 2 aromatic rings. The number of hydrogen-bond donors (Lipinski definition) is 10. The molecule has 2 fully saturated rings. The highest BCUT2D eigenvalue weighted by Gasteiger charge is 2.48. The van der Waals surface area contributed by atoms with Crippen LogP contribution < -0.4 is 9.47 Å². The Morgan fingerprint density at radius 1 is 0.750 bits per heavy atom. The van der Waals surface area contributed by atoms with Gasteiger partial charge in [0.15, 0.2) is 23.9 Å². The van der Waals surface area contributed by atoms with Crippen molar-refractivity contribution in [1.29, 1.82) is 0 Å². The second-order valence-corrected chi connectivity index (χ2v) is 10.7. The molecule has 0 bridgehead atoms. The van der Waals surface area contributed by atoms with E-state index in [0.717, 1.165) is 12.1 Å². The van der Waals surface area contributed by atoms with E-state index in [4.69, 9.17) is 28.4 Å². The SMILES string of the molecule is COc1cc(C2Oc3cc(O)cc(O)c3C=C2O[C@@H]2O[C@H](CO[C@@H]3O[C@H](C)[C@H](O)[C@H](O)[C@H]3O)[C@@H](O)[C@@H](O)[C@H]2O)cc(O)c1O. The fraction of sp³-hybridized carbons (Fsp3) is 0.500. The van der Waals surface area contributed by atoms with Crippen LogP contribution in [0, 0.1) is 0 Å². The van der Waals surface area contributed by atoms with Crippen molar-refractivity contribution in [3.63, 3.8) is 0 Å². The zero-order chi connectivity index (χ0) is 32.0. The van der Waals surface area contributed by atoms with E-state index < -0.39 is 91.4 Å². The summed E-state index contributed by atoms with van der Waals surface area (Å²) in [4.78, 5) is 0. The summed E-state index contributed by atoms with van der Waals surface area (Å²) in [5.41, 5.74) is 0.217. The van der Waals surface area contributed by atoms with E-state index in [1.54, 1.807) is 0 Å². The summed E-state index contributed by atoms with van der Waals surface area (Å²) in [6, 6.07) is 4.72. The van der Waals surface area contributed by atoms with E-state index in [9.17, 15) is 51.1 Å². The van der Waals surface area contributed by atoms with E-state index in [1.165, 1.54) is 32.2 Å². The van der Waals surface area contributed by atoms with Crippen molar-refractivity contribution in [2.75, 3.05) is 13.7 Å². The zero-order valence-corrected chi connectivity index (χ0v) is 23.4. The number of fused-ring (bicyclic) bond motifs is 1. The van der Waals surface area contributed by atoms with Crippen LogP contribution in [0.5, 0.6) is 34.5 Å². The molecule has 242 valence electrons. The number of ether oxygens (including phenoxy) is 6. The Labute approximate surface area is 249 Å². The van der Waals surface area contributed by atoms with Crippen LogP contribution in [0.1, 0.15) is 24.2 Å². The Hall–Kier alpha value is -3.58. The third-order valence-electron chi connectivity index (χ3n) is 7.65. The van der Waals surface area contributed by atoms with Crippen LogP contribution in [0.3, 0.4) is 0 Å². The van der Waals surface area contributed by atoms with Crippen molar-refractivity contribution in [3.05, 3.63) is 41.2 Å². The van der Waals surface area contributed by atoms with E-state index in [2.05, 4.69) is 0 Å². The summed E-state index contributed by atoms with van der Waals surface area (Å²) in [6.07, 6.45) is -15.4. The van der Waals surface area contributed by atoms with Gasteiger partial charge in [0, 0.05) is 17.7 Å². The first-order valence-electron chi connectivity index (χ1n) is 13.5. The monoisotopic (exact) mass is 626 g/mol. The maximum atomic E-state index is 10.7. The van der Waals surface area contributed by atoms with Crippen LogP contribution in [-0.4, -0.2) is 126 Å². The maximum absolute atomic E-state index is 10.7. The summed E-state index contributed by atoms with van der Waals surface area (Å²) in [5, 5.41) is 103. The first-order chi connectivity index (χ1) is 20.8. The molecule has 1 unspecified atom stereocenters. The first kappa shape index (κ1) is 31.8. The summed E-state index contributed by atoms with van der Waals surface area (Å²) in [6.45, 7) is 0.913. The van der Waals surface area contributed by atoms with Gasteiger partial charge < -0.3 is 79.5 Å². The summed E-state index contributed by atoms with van der Waals surface area (Å²) in [5.74, 6) is -2.11. The Morgan fingerprint density at radius 2 is 1.43 bits per heavy atom. The van der Waals surface area contributed by atoms with Gasteiger partial charge in [0.05, 0.1) is 25.4 Å². The third kappa shape index (κ3) is 5.91. The lowest BCUT2D eigenvalue weighted by atomic mass is 9.98. The minimum absolute atomic E-state index is 0.00537. The largest absolute Gasteiger partial charge is 0.508 e. The van der Waals surface area contributed by atoms with E-state index in [-0.39, 0.29) is 34.1 Å². The average molecular weight is 627 g/mol. The van der Waals surface area contributed by atoms with Gasteiger partial charge >= 0.3 is 0 Å². The van der Waals surface area contributed by atoms with Gasteiger partial charge in [0.2, 0.25) is 12.0 Å². The molecular formula is C28H34O16. The van der Waals surface area contributed by atoms with Crippen LogP contribution >= 0.6 is 0 Å². The fourth-order valence-corrected chi connectivity index (χ4v) is 5.12. The van der Waals surface area contributed by atoms with Gasteiger partial charge in [-0.05, 0) is 25.1 Å². The van der Waals surface area contributed by atoms with E-state index in [1.807, 2.05) is 0 Å². The van der Waals surface area contributed by atoms with Crippen molar-refractivity contribution >= 4 is 6.08 Å². The van der Waals surface area contributed by atoms with Crippen molar-refractivity contribution in [1.82, 2.24) is 0 Å². The lowest BCUT2D eigenvalue weighted by molar-refractivity contribution is -0.324. The highest BCUT2D eigenvalue weighted by molar-refractivity contribution is 5.70. The molecule has 0 amide bonds. The molecule has 3 aliphatic rings. The molecule has 3 aliphatic heterocycles. The summed E-state index contributed by atoms with van der Waals surface area (Å²) in [7, 11) is 1.25. The van der Waals surface area contributed by atoms with Crippen molar-refractivity contribution in [2.45, 2.75) is 74.4 Å². The van der Waals surface area contributed by atoms with Crippen molar-refractivity contribution in [3.8, 4) is 34.5 Å². The zero-order valence-electron chi connectivity index (χ0n) is 23.4. The molecule has 44 heavy (non-hydrogen) atoms. The first-order valence-corrected chi connectivity index (χ1v) is 13.5. The van der Waals surface area contributed by atoms with Gasteiger partial charge in [-0.2, -0.15) is 0 Å². The number of benzene rings is 2.